The molecule has 1 saturated carbocycles. The zero-order chi connectivity index (χ0) is 13.2. The largest absolute Gasteiger partial charge is 0.342 e. The SMILES string of the molecule is CC(CNC1CC1)CN1CCC(C)(C)CCC1=O. The summed E-state index contributed by atoms with van der Waals surface area (Å²) in [5.41, 5.74) is 0.333. The maximum absolute atomic E-state index is 12.1. The van der Waals surface area contributed by atoms with Gasteiger partial charge in [-0.1, -0.05) is 20.8 Å². The first-order valence-corrected chi connectivity index (χ1v) is 7.47. The van der Waals surface area contributed by atoms with Gasteiger partial charge in [0, 0.05) is 25.6 Å². The number of hydrogen-bond donors (Lipinski definition) is 1. The standard InChI is InChI=1S/C15H28N2O/c1-12(10-16-13-4-5-13)11-17-9-8-15(2,3)7-6-14(17)18/h12-13,16H,4-11H2,1-3H3. The zero-order valence-corrected chi connectivity index (χ0v) is 12.2. The molecule has 1 saturated heterocycles. The molecule has 0 bridgehead atoms. The number of nitrogens with one attached hydrogen (secondary N) is 1. The number of rotatable bonds is 5. The van der Waals surface area contributed by atoms with Crippen molar-refractivity contribution in [3.05, 3.63) is 0 Å². The predicted octanol–water partition coefficient (Wildman–Crippen LogP) is 2.41. The fourth-order valence-corrected chi connectivity index (χ4v) is 2.58. The van der Waals surface area contributed by atoms with E-state index in [1.807, 2.05) is 0 Å². The van der Waals surface area contributed by atoms with E-state index in [9.17, 15) is 4.79 Å². The van der Waals surface area contributed by atoms with E-state index in [0.717, 1.165) is 44.9 Å². The van der Waals surface area contributed by atoms with Crippen LogP contribution in [0.3, 0.4) is 0 Å². The minimum Gasteiger partial charge on any atom is -0.342 e. The van der Waals surface area contributed by atoms with Crippen LogP contribution in [0.2, 0.25) is 0 Å². The Morgan fingerprint density at radius 2 is 2.11 bits per heavy atom. The Labute approximate surface area is 111 Å². The molecule has 0 spiro atoms. The first kappa shape index (κ1) is 13.9. The van der Waals surface area contributed by atoms with Crippen molar-refractivity contribution >= 4 is 5.91 Å². The summed E-state index contributed by atoms with van der Waals surface area (Å²) in [5.74, 6) is 0.926. The molecule has 2 aliphatic rings. The highest BCUT2D eigenvalue weighted by Gasteiger charge is 2.28. The van der Waals surface area contributed by atoms with Gasteiger partial charge in [-0.05, 0) is 43.6 Å². The highest BCUT2D eigenvalue weighted by Crippen LogP contribution is 2.30. The van der Waals surface area contributed by atoms with E-state index < -0.39 is 0 Å². The first-order chi connectivity index (χ1) is 8.46. The van der Waals surface area contributed by atoms with Gasteiger partial charge in [0.25, 0.3) is 0 Å². The Morgan fingerprint density at radius 3 is 2.78 bits per heavy atom. The normalized spacial score (nSPS) is 25.9. The maximum atomic E-state index is 12.1. The lowest BCUT2D eigenvalue weighted by Gasteiger charge is -2.26. The van der Waals surface area contributed by atoms with Crippen LogP contribution < -0.4 is 5.32 Å². The van der Waals surface area contributed by atoms with Gasteiger partial charge in [0.05, 0.1) is 0 Å². The van der Waals surface area contributed by atoms with Crippen LogP contribution in [0.15, 0.2) is 0 Å². The minimum absolute atomic E-state index is 0.333. The predicted molar refractivity (Wildman–Crippen MR) is 74.4 cm³/mol. The number of hydrogen-bond acceptors (Lipinski definition) is 2. The Hall–Kier alpha value is -0.570. The highest BCUT2D eigenvalue weighted by atomic mass is 16.2. The summed E-state index contributed by atoms with van der Waals surface area (Å²) in [6.07, 6.45) is 5.58. The molecule has 0 aromatic rings. The van der Waals surface area contributed by atoms with Crippen molar-refractivity contribution < 1.29 is 4.79 Å². The van der Waals surface area contributed by atoms with E-state index in [0.29, 0.717) is 17.2 Å². The lowest BCUT2D eigenvalue weighted by atomic mass is 9.85. The van der Waals surface area contributed by atoms with Crippen LogP contribution in [0.1, 0.15) is 52.9 Å². The Morgan fingerprint density at radius 1 is 1.39 bits per heavy atom. The van der Waals surface area contributed by atoms with Crippen molar-refractivity contribution in [2.24, 2.45) is 11.3 Å². The van der Waals surface area contributed by atoms with Gasteiger partial charge in [0.15, 0.2) is 0 Å². The van der Waals surface area contributed by atoms with Gasteiger partial charge in [-0.25, -0.2) is 0 Å². The van der Waals surface area contributed by atoms with Crippen LogP contribution in [0, 0.1) is 11.3 Å². The Bertz CT molecular complexity index is 297. The van der Waals surface area contributed by atoms with E-state index in [2.05, 4.69) is 31.0 Å². The number of carbonyl (C=O) groups excluding carboxylic acids is 1. The number of amides is 1. The van der Waals surface area contributed by atoms with Gasteiger partial charge in [-0.2, -0.15) is 0 Å². The van der Waals surface area contributed by atoms with Crippen molar-refractivity contribution in [3.63, 3.8) is 0 Å². The second-order valence-electron chi connectivity index (χ2n) is 7.04. The number of carbonyl (C=O) groups is 1. The summed E-state index contributed by atoms with van der Waals surface area (Å²) < 4.78 is 0. The number of likely N-dealkylation sites (tertiary alicyclic amines) is 1. The van der Waals surface area contributed by atoms with Crippen molar-refractivity contribution in [1.29, 1.82) is 0 Å². The molecule has 1 atom stereocenters. The van der Waals surface area contributed by atoms with Crippen LogP contribution in [-0.4, -0.2) is 36.5 Å². The van der Waals surface area contributed by atoms with Gasteiger partial charge in [-0.15, -0.1) is 0 Å². The van der Waals surface area contributed by atoms with Crippen LogP contribution in [0.5, 0.6) is 0 Å². The van der Waals surface area contributed by atoms with Gasteiger partial charge >= 0.3 is 0 Å². The average Bonchev–Trinajstić information content (AvgIpc) is 3.12. The molecule has 1 heterocycles. The van der Waals surface area contributed by atoms with Gasteiger partial charge in [0.2, 0.25) is 5.91 Å². The molecule has 104 valence electrons. The van der Waals surface area contributed by atoms with Crippen LogP contribution in [0.4, 0.5) is 0 Å². The summed E-state index contributed by atoms with van der Waals surface area (Å²) in [5, 5.41) is 3.55. The van der Waals surface area contributed by atoms with Gasteiger partial charge in [0.1, 0.15) is 0 Å². The molecule has 18 heavy (non-hydrogen) atoms. The van der Waals surface area contributed by atoms with Crippen molar-refractivity contribution in [3.8, 4) is 0 Å². The molecule has 2 rings (SSSR count). The molecule has 1 unspecified atom stereocenters. The molecular formula is C15H28N2O. The molecular weight excluding hydrogens is 224 g/mol. The van der Waals surface area contributed by atoms with Crippen LogP contribution in [-0.2, 0) is 4.79 Å². The third-order valence-electron chi connectivity index (χ3n) is 4.29. The first-order valence-electron chi connectivity index (χ1n) is 7.47. The summed E-state index contributed by atoms with van der Waals surface area (Å²) in [4.78, 5) is 14.2. The lowest BCUT2D eigenvalue weighted by Crippen LogP contribution is -2.37. The topological polar surface area (TPSA) is 32.3 Å². The monoisotopic (exact) mass is 252 g/mol. The van der Waals surface area contributed by atoms with E-state index in [1.54, 1.807) is 0 Å². The fourth-order valence-electron chi connectivity index (χ4n) is 2.58. The molecule has 1 N–H and O–H groups in total. The third-order valence-corrected chi connectivity index (χ3v) is 4.29. The molecule has 0 aromatic heterocycles. The van der Waals surface area contributed by atoms with Crippen molar-refractivity contribution in [2.75, 3.05) is 19.6 Å². The third kappa shape index (κ3) is 4.27. The quantitative estimate of drug-likeness (QED) is 0.815. The molecule has 1 aliphatic heterocycles. The molecule has 3 heteroatoms. The molecule has 0 radical (unpaired) electrons. The molecule has 3 nitrogen and oxygen atoms in total. The van der Waals surface area contributed by atoms with E-state index in [4.69, 9.17) is 0 Å². The van der Waals surface area contributed by atoms with E-state index in [-0.39, 0.29) is 0 Å². The smallest absolute Gasteiger partial charge is 0.222 e. The van der Waals surface area contributed by atoms with Gasteiger partial charge < -0.3 is 10.2 Å². The summed E-state index contributed by atoms with van der Waals surface area (Å²) >= 11 is 0. The Kier molecular flexibility index (Phi) is 4.31. The Balaban J connectivity index is 1.77. The van der Waals surface area contributed by atoms with E-state index in [1.165, 1.54) is 12.8 Å². The second-order valence-corrected chi connectivity index (χ2v) is 7.04. The lowest BCUT2D eigenvalue weighted by molar-refractivity contribution is -0.131. The molecule has 1 aliphatic carbocycles. The summed E-state index contributed by atoms with van der Waals surface area (Å²) in [6.45, 7) is 9.73. The summed E-state index contributed by atoms with van der Waals surface area (Å²) in [6, 6.07) is 0.770. The summed E-state index contributed by atoms with van der Waals surface area (Å²) in [7, 11) is 0. The maximum Gasteiger partial charge on any atom is 0.222 e. The van der Waals surface area contributed by atoms with E-state index >= 15 is 0 Å². The van der Waals surface area contributed by atoms with Crippen molar-refractivity contribution in [1.82, 2.24) is 10.2 Å². The molecule has 2 fully saturated rings. The molecule has 1 amide bonds. The minimum atomic E-state index is 0.333. The van der Waals surface area contributed by atoms with Gasteiger partial charge in [-0.3, -0.25) is 4.79 Å². The number of nitrogens with zero attached hydrogens (tertiary/aromatic N) is 1. The fraction of sp³-hybridized carbons (Fsp3) is 0.933. The van der Waals surface area contributed by atoms with Crippen molar-refractivity contribution in [2.45, 2.75) is 58.9 Å². The highest BCUT2D eigenvalue weighted by molar-refractivity contribution is 5.76. The zero-order valence-electron chi connectivity index (χ0n) is 12.2. The average molecular weight is 252 g/mol. The van der Waals surface area contributed by atoms with Crippen LogP contribution >= 0.6 is 0 Å². The van der Waals surface area contributed by atoms with Crippen LogP contribution in [0.25, 0.3) is 0 Å². The second kappa shape index (κ2) is 5.60. The molecule has 0 aromatic carbocycles.